The maximum Gasteiger partial charge on any atom is 0.425 e. The van der Waals surface area contributed by atoms with Gasteiger partial charge in [0.15, 0.2) is 0 Å². The summed E-state index contributed by atoms with van der Waals surface area (Å²) in [6.45, 7) is 0. The number of alkyl halides is 3. The highest BCUT2D eigenvalue weighted by molar-refractivity contribution is 5.84. The molecule has 120 valence electrons. The minimum Gasteiger partial charge on any atom is -0.497 e. The van der Waals surface area contributed by atoms with E-state index in [1.807, 2.05) is 0 Å². The van der Waals surface area contributed by atoms with E-state index in [0.29, 0.717) is 16.7 Å². The van der Waals surface area contributed by atoms with E-state index in [4.69, 9.17) is 4.74 Å². The van der Waals surface area contributed by atoms with Crippen molar-refractivity contribution in [3.8, 4) is 5.75 Å². The molecule has 2 N–H and O–H groups in total. The summed E-state index contributed by atoms with van der Waals surface area (Å²) in [6, 6.07) is 11.8. The number of H-pyrrole nitrogens is 1. The van der Waals surface area contributed by atoms with E-state index in [0.717, 1.165) is 0 Å². The summed E-state index contributed by atoms with van der Waals surface area (Å²) in [5, 5.41) is 11.0. The molecule has 0 bridgehead atoms. The van der Waals surface area contributed by atoms with Crippen LogP contribution in [0.3, 0.4) is 0 Å². The van der Waals surface area contributed by atoms with Gasteiger partial charge < -0.3 is 14.8 Å². The van der Waals surface area contributed by atoms with Gasteiger partial charge in [-0.1, -0.05) is 30.3 Å². The molecule has 0 aliphatic rings. The van der Waals surface area contributed by atoms with Crippen LogP contribution in [0.25, 0.3) is 10.9 Å². The molecule has 23 heavy (non-hydrogen) atoms. The van der Waals surface area contributed by atoms with Gasteiger partial charge in [0.25, 0.3) is 0 Å². The van der Waals surface area contributed by atoms with Crippen LogP contribution in [0.15, 0.2) is 54.7 Å². The molecule has 0 saturated carbocycles. The second-order valence-electron chi connectivity index (χ2n) is 5.18. The van der Waals surface area contributed by atoms with Crippen molar-refractivity contribution in [3.63, 3.8) is 0 Å². The predicted octanol–water partition coefficient (Wildman–Crippen LogP) is 3.97. The summed E-state index contributed by atoms with van der Waals surface area (Å²) in [6.07, 6.45) is -3.69. The van der Waals surface area contributed by atoms with Crippen molar-refractivity contribution in [2.45, 2.75) is 11.8 Å². The topological polar surface area (TPSA) is 45.2 Å². The summed E-state index contributed by atoms with van der Waals surface area (Å²) in [5.41, 5.74) is -3.08. The number of benzene rings is 2. The van der Waals surface area contributed by atoms with E-state index in [2.05, 4.69) is 4.98 Å². The van der Waals surface area contributed by atoms with Gasteiger partial charge in [0.05, 0.1) is 7.11 Å². The van der Waals surface area contributed by atoms with Crippen LogP contribution in [0.1, 0.15) is 11.1 Å². The molecular formula is C17H14F3NO2. The zero-order chi connectivity index (χ0) is 16.7. The lowest BCUT2D eigenvalue weighted by Gasteiger charge is -2.31. The van der Waals surface area contributed by atoms with Crippen molar-refractivity contribution < 1.29 is 23.0 Å². The fourth-order valence-corrected chi connectivity index (χ4v) is 2.67. The number of hydrogen-bond donors (Lipinski definition) is 2. The summed E-state index contributed by atoms with van der Waals surface area (Å²) >= 11 is 0. The quantitative estimate of drug-likeness (QED) is 0.766. The second kappa shape index (κ2) is 5.31. The molecule has 1 aromatic heterocycles. The van der Waals surface area contributed by atoms with E-state index in [-0.39, 0.29) is 11.1 Å². The number of hydrogen-bond acceptors (Lipinski definition) is 2. The van der Waals surface area contributed by atoms with Crippen LogP contribution < -0.4 is 4.74 Å². The molecule has 0 amide bonds. The Labute approximate surface area is 130 Å². The highest BCUT2D eigenvalue weighted by Crippen LogP contribution is 2.46. The molecule has 0 unspecified atom stereocenters. The van der Waals surface area contributed by atoms with Gasteiger partial charge in [0.2, 0.25) is 5.60 Å². The number of halogens is 3. The van der Waals surface area contributed by atoms with E-state index < -0.39 is 11.8 Å². The predicted molar refractivity (Wildman–Crippen MR) is 80.3 cm³/mol. The Hall–Kier alpha value is -2.47. The molecule has 2 aromatic carbocycles. The maximum atomic E-state index is 13.8. The Morgan fingerprint density at radius 1 is 1.00 bits per heavy atom. The van der Waals surface area contributed by atoms with E-state index in [9.17, 15) is 18.3 Å². The first-order valence-electron chi connectivity index (χ1n) is 6.88. The molecule has 3 aromatic rings. The van der Waals surface area contributed by atoms with E-state index in [1.54, 1.807) is 24.3 Å². The molecule has 0 radical (unpaired) electrons. The minimum absolute atomic E-state index is 0.231. The summed E-state index contributed by atoms with van der Waals surface area (Å²) in [7, 11) is 1.42. The lowest BCUT2D eigenvalue weighted by atomic mass is 9.85. The number of nitrogens with one attached hydrogen (secondary N) is 1. The lowest BCUT2D eigenvalue weighted by molar-refractivity contribution is -0.247. The molecule has 0 spiro atoms. The summed E-state index contributed by atoms with van der Waals surface area (Å²) < 4.78 is 46.3. The largest absolute Gasteiger partial charge is 0.497 e. The normalized spacial score (nSPS) is 14.7. The van der Waals surface area contributed by atoms with Crippen LogP contribution in [0.4, 0.5) is 13.2 Å². The maximum absolute atomic E-state index is 13.8. The van der Waals surface area contributed by atoms with Crippen LogP contribution in [0.2, 0.25) is 0 Å². The van der Waals surface area contributed by atoms with E-state index >= 15 is 0 Å². The third-order valence-electron chi connectivity index (χ3n) is 3.90. The lowest BCUT2D eigenvalue weighted by Crippen LogP contribution is -2.43. The molecular weight excluding hydrogens is 307 g/mol. The van der Waals surface area contributed by atoms with Crippen molar-refractivity contribution in [2.24, 2.45) is 0 Å². The fourth-order valence-electron chi connectivity index (χ4n) is 2.67. The Morgan fingerprint density at radius 3 is 2.26 bits per heavy atom. The molecule has 6 heteroatoms. The first-order valence-corrected chi connectivity index (χ1v) is 6.88. The van der Waals surface area contributed by atoms with Crippen LogP contribution in [-0.4, -0.2) is 23.4 Å². The minimum atomic E-state index is -4.88. The van der Waals surface area contributed by atoms with Crippen molar-refractivity contribution in [3.05, 3.63) is 65.9 Å². The highest BCUT2D eigenvalue weighted by atomic mass is 19.4. The first kappa shape index (κ1) is 15.4. The number of para-hydroxylation sites is 1. The number of ether oxygens (including phenoxy) is 1. The van der Waals surface area contributed by atoms with Gasteiger partial charge in [-0.15, -0.1) is 0 Å². The Kier molecular flexibility index (Phi) is 3.56. The number of methoxy groups -OCH3 is 1. The number of rotatable bonds is 3. The van der Waals surface area contributed by atoms with Crippen LogP contribution in [0.5, 0.6) is 5.75 Å². The number of fused-ring (bicyclic) bond motifs is 1. The SMILES string of the molecule is COc1ccc([C@@](O)(c2c[nH]c3ccccc23)C(F)(F)F)cc1. The Bertz CT molecular complexity index is 824. The van der Waals surface area contributed by atoms with Gasteiger partial charge in [-0.3, -0.25) is 0 Å². The fraction of sp³-hybridized carbons (Fsp3) is 0.176. The third-order valence-corrected chi connectivity index (χ3v) is 3.90. The number of aliphatic hydroxyl groups is 1. The van der Waals surface area contributed by atoms with Crippen molar-refractivity contribution in [1.82, 2.24) is 4.98 Å². The third kappa shape index (κ3) is 2.35. The van der Waals surface area contributed by atoms with Crippen LogP contribution in [-0.2, 0) is 5.60 Å². The number of aromatic amines is 1. The molecule has 0 saturated heterocycles. The van der Waals surface area contributed by atoms with Gasteiger partial charge >= 0.3 is 6.18 Å². The second-order valence-corrected chi connectivity index (χ2v) is 5.18. The molecule has 3 rings (SSSR count). The molecule has 0 aliphatic heterocycles. The van der Waals surface area contributed by atoms with Gasteiger partial charge in [0, 0.05) is 22.7 Å². The zero-order valence-corrected chi connectivity index (χ0v) is 12.2. The molecule has 0 aliphatic carbocycles. The van der Waals surface area contributed by atoms with Gasteiger partial charge in [-0.05, 0) is 23.8 Å². The Balaban J connectivity index is 2.25. The monoisotopic (exact) mass is 321 g/mol. The van der Waals surface area contributed by atoms with Crippen molar-refractivity contribution in [2.75, 3.05) is 7.11 Å². The van der Waals surface area contributed by atoms with Crippen LogP contribution in [0, 0.1) is 0 Å². The molecule has 0 fully saturated rings. The highest BCUT2D eigenvalue weighted by Gasteiger charge is 2.57. The first-order chi connectivity index (χ1) is 10.9. The summed E-state index contributed by atoms with van der Waals surface area (Å²) in [4.78, 5) is 2.77. The molecule has 3 nitrogen and oxygen atoms in total. The van der Waals surface area contributed by atoms with Gasteiger partial charge in [-0.25, -0.2) is 0 Å². The van der Waals surface area contributed by atoms with Gasteiger partial charge in [-0.2, -0.15) is 13.2 Å². The summed E-state index contributed by atoms with van der Waals surface area (Å²) in [5.74, 6) is 0.414. The number of aromatic nitrogens is 1. The molecule has 1 heterocycles. The average molecular weight is 321 g/mol. The standard InChI is InChI=1S/C17H14F3NO2/c1-23-12-8-6-11(7-9-12)16(22,17(18,19)20)14-10-21-15-5-3-2-4-13(14)15/h2-10,21-22H,1H3/t16-/m1/s1. The van der Waals surface area contributed by atoms with Crippen molar-refractivity contribution >= 4 is 10.9 Å². The Morgan fingerprint density at radius 2 is 1.65 bits per heavy atom. The van der Waals surface area contributed by atoms with Crippen LogP contribution >= 0.6 is 0 Å². The van der Waals surface area contributed by atoms with Crippen molar-refractivity contribution in [1.29, 1.82) is 0 Å². The zero-order valence-electron chi connectivity index (χ0n) is 12.2. The average Bonchev–Trinajstić information content (AvgIpc) is 2.97. The van der Waals surface area contributed by atoms with E-state index in [1.165, 1.54) is 37.6 Å². The van der Waals surface area contributed by atoms with Gasteiger partial charge in [0.1, 0.15) is 5.75 Å². The molecule has 1 atom stereocenters. The smallest absolute Gasteiger partial charge is 0.425 e.